The Morgan fingerprint density at radius 2 is 2.00 bits per heavy atom. The lowest BCUT2D eigenvalue weighted by atomic mass is 10.1. The van der Waals surface area contributed by atoms with Crippen molar-refractivity contribution in [3.8, 4) is 11.5 Å². The van der Waals surface area contributed by atoms with Crippen molar-refractivity contribution in [2.75, 3.05) is 19.2 Å². The SMILES string of the molecule is O=C(CCSc1nc2ccccc2s1)OCC(=O)c1ccc2c(c1)OCO2. The number of para-hydroxylation sites is 1. The zero-order valence-corrected chi connectivity index (χ0v) is 15.8. The van der Waals surface area contributed by atoms with Gasteiger partial charge in [0, 0.05) is 11.3 Å². The number of hydrogen-bond acceptors (Lipinski definition) is 8. The van der Waals surface area contributed by atoms with Crippen LogP contribution >= 0.6 is 23.1 Å². The van der Waals surface area contributed by atoms with Crippen LogP contribution in [0.4, 0.5) is 0 Å². The molecule has 1 aliphatic rings. The number of Topliss-reactive ketones (excluding diaryl/α,β-unsaturated/α-hetero) is 1. The van der Waals surface area contributed by atoms with Crippen LogP contribution in [0.5, 0.6) is 11.5 Å². The summed E-state index contributed by atoms with van der Waals surface area (Å²) in [7, 11) is 0. The standard InChI is InChI=1S/C19H15NO5S2/c21-14(12-5-6-15-16(9-12)25-11-24-15)10-23-18(22)7-8-26-19-20-13-3-1-2-4-17(13)27-19/h1-6,9H,7-8,10-11H2. The van der Waals surface area contributed by atoms with Crippen LogP contribution in [0.3, 0.4) is 0 Å². The first kappa shape index (κ1) is 17.8. The van der Waals surface area contributed by atoms with Gasteiger partial charge in [0.2, 0.25) is 6.79 Å². The molecule has 2 heterocycles. The fourth-order valence-corrected chi connectivity index (χ4v) is 4.56. The predicted molar refractivity (Wildman–Crippen MR) is 103 cm³/mol. The van der Waals surface area contributed by atoms with E-state index < -0.39 is 5.97 Å². The molecule has 0 bridgehead atoms. The van der Waals surface area contributed by atoms with Crippen molar-refractivity contribution in [1.29, 1.82) is 0 Å². The highest BCUT2D eigenvalue weighted by Gasteiger charge is 2.17. The highest BCUT2D eigenvalue weighted by molar-refractivity contribution is 8.01. The summed E-state index contributed by atoms with van der Waals surface area (Å²) in [4.78, 5) is 28.5. The fourth-order valence-electron chi connectivity index (χ4n) is 2.51. The van der Waals surface area contributed by atoms with Crippen molar-refractivity contribution in [3.05, 3.63) is 48.0 Å². The zero-order valence-electron chi connectivity index (χ0n) is 14.2. The van der Waals surface area contributed by atoms with Crippen molar-refractivity contribution < 1.29 is 23.8 Å². The van der Waals surface area contributed by atoms with Crippen molar-refractivity contribution in [1.82, 2.24) is 4.98 Å². The Hall–Kier alpha value is -2.58. The number of carbonyl (C=O) groups excluding carboxylic acids is 2. The number of ketones is 1. The van der Waals surface area contributed by atoms with E-state index in [1.807, 2.05) is 24.3 Å². The third-order valence-corrected chi connectivity index (χ3v) is 6.05. The molecule has 0 spiro atoms. The monoisotopic (exact) mass is 401 g/mol. The third-order valence-electron chi connectivity index (χ3n) is 3.86. The van der Waals surface area contributed by atoms with Crippen LogP contribution in [-0.2, 0) is 9.53 Å². The summed E-state index contributed by atoms with van der Waals surface area (Å²) >= 11 is 3.11. The van der Waals surface area contributed by atoms with Crippen molar-refractivity contribution >= 4 is 45.1 Å². The van der Waals surface area contributed by atoms with Gasteiger partial charge >= 0.3 is 5.97 Å². The summed E-state index contributed by atoms with van der Waals surface area (Å²) in [5.74, 6) is 1.00. The number of carbonyl (C=O) groups is 2. The number of nitrogens with zero attached hydrogens (tertiary/aromatic N) is 1. The molecule has 3 aromatic rings. The van der Waals surface area contributed by atoms with Crippen LogP contribution in [-0.4, -0.2) is 35.9 Å². The van der Waals surface area contributed by atoms with E-state index in [0.717, 1.165) is 14.6 Å². The molecule has 0 unspecified atom stereocenters. The van der Waals surface area contributed by atoms with Crippen LogP contribution in [0.15, 0.2) is 46.8 Å². The summed E-state index contributed by atoms with van der Waals surface area (Å²) in [6, 6.07) is 12.8. The summed E-state index contributed by atoms with van der Waals surface area (Å²) < 4.78 is 17.6. The van der Waals surface area contributed by atoms with E-state index in [1.54, 1.807) is 29.5 Å². The molecule has 138 valence electrons. The maximum absolute atomic E-state index is 12.2. The molecule has 2 aromatic carbocycles. The van der Waals surface area contributed by atoms with Crippen LogP contribution in [0.25, 0.3) is 10.2 Å². The lowest BCUT2D eigenvalue weighted by Gasteiger charge is -2.05. The summed E-state index contributed by atoms with van der Waals surface area (Å²) in [5, 5.41) is 0. The van der Waals surface area contributed by atoms with Crippen molar-refractivity contribution in [2.45, 2.75) is 10.8 Å². The van der Waals surface area contributed by atoms with Crippen molar-refractivity contribution in [3.63, 3.8) is 0 Å². The Balaban J connectivity index is 1.23. The van der Waals surface area contributed by atoms with E-state index in [9.17, 15) is 9.59 Å². The maximum Gasteiger partial charge on any atom is 0.307 e. The molecule has 0 fully saturated rings. The van der Waals surface area contributed by atoms with Crippen LogP contribution in [0.2, 0.25) is 0 Å². The molecule has 6 nitrogen and oxygen atoms in total. The number of rotatable bonds is 7. The molecule has 0 radical (unpaired) electrons. The summed E-state index contributed by atoms with van der Waals surface area (Å²) in [5.41, 5.74) is 1.39. The fraction of sp³-hybridized carbons (Fsp3) is 0.211. The number of benzene rings is 2. The van der Waals surface area contributed by atoms with E-state index in [-0.39, 0.29) is 25.6 Å². The molecule has 8 heteroatoms. The molecule has 4 rings (SSSR count). The Morgan fingerprint density at radius 1 is 1.15 bits per heavy atom. The van der Waals surface area contributed by atoms with Gasteiger partial charge in [0.1, 0.15) is 0 Å². The number of hydrogen-bond donors (Lipinski definition) is 0. The molecule has 0 aliphatic carbocycles. The van der Waals surface area contributed by atoms with Gasteiger partial charge < -0.3 is 14.2 Å². The molecular formula is C19H15NO5S2. The van der Waals surface area contributed by atoms with Crippen LogP contribution < -0.4 is 9.47 Å². The molecular weight excluding hydrogens is 386 g/mol. The average Bonchev–Trinajstić information content (AvgIpc) is 3.31. The molecule has 0 saturated heterocycles. The second kappa shape index (κ2) is 7.98. The minimum absolute atomic E-state index is 0.147. The molecule has 0 N–H and O–H groups in total. The van der Waals surface area contributed by atoms with Gasteiger partial charge in [-0.15, -0.1) is 11.3 Å². The maximum atomic E-state index is 12.2. The van der Waals surface area contributed by atoms with Gasteiger partial charge in [0.15, 0.2) is 28.2 Å². The Morgan fingerprint density at radius 3 is 2.89 bits per heavy atom. The molecule has 27 heavy (non-hydrogen) atoms. The molecule has 0 saturated carbocycles. The number of fused-ring (bicyclic) bond motifs is 2. The van der Waals surface area contributed by atoms with Gasteiger partial charge in [-0.05, 0) is 30.3 Å². The minimum Gasteiger partial charge on any atom is -0.457 e. The smallest absolute Gasteiger partial charge is 0.307 e. The number of thiazole rings is 1. The van der Waals surface area contributed by atoms with Gasteiger partial charge in [0.05, 0.1) is 16.6 Å². The Bertz CT molecular complexity index is 968. The quantitative estimate of drug-likeness (QED) is 0.337. The normalized spacial score (nSPS) is 12.3. The average molecular weight is 401 g/mol. The lowest BCUT2D eigenvalue weighted by molar-refractivity contribution is -0.141. The lowest BCUT2D eigenvalue weighted by Crippen LogP contribution is -2.14. The van der Waals surface area contributed by atoms with Gasteiger partial charge in [-0.3, -0.25) is 9.59 Å². The highest BCUT2D eigenvalue weighted by atomic mass is 32.2. The third kappa shape index (κ3) is 4.23. The topological polar surface area (TPSA) is 74.7 Å². The summed E-state index contributed by atoms with van der Waals surface area (Å²) in [6.45, 7) is -0.140. The first-order chi connectivity index (χ1) is 13.2. The second-order valence-corrected chi connectivity index (χ2v) is 8.07. The van der Waals surface area contributed by atoms with Crippen LogP contribution in [0.1, 0.15) is 16.8 Å². The number of aromatic nitrogens is 1. The minimum atomic E-state index is -0.405. The highest BCUT2D eigenvalue weighted by Crippen LogP contribution is 2.32. The molecule has 0 atom stereocenters. The number of ether oxygens (including phenoxy) is 3. The van der Waals surface area contributed by atoms with E-state index in [2.05, 4.69) is 4.98 Å². The van der Waals surface area contributed by atoms with Gasteiger partial charge in [-0.25, -0.2) is 4.98 Å². The van der Waals surface area contributed by atoms with E-state index in [1.165, 1.54) is 11.8 Å². The van der Waals surface area contributed by atoms with E-state index in [0.29, 0.717) is 22.8 Å². The Labute approximate surface area is 163 Å². The first-order valence-electron chi connectivity index (χ1n) is 8.26. The number of thioether (sulfide) groups is 1. The van der Waals surface area contributed by atoms with Gasteiger partial charge in [-0.2, -0.15) is 0 Å². The first-order valence-corrected chi connectivity index (χ1v) is 10.1. The molecule has 1 aromatic heterocycles. The van der Waals surface area contributed by atoms with Crippen LogP contribution in [0, 0.1) is 0 Å². The molecule has 0 amide bonds. The predicted octanol–water partition coefficient (Wildman–Crippen LogP) is 3.93. The largest absolute Gasteiger partial charge is 0.457 e. The second-order valence-electron chi connectivity index (χ2n) is 5.70. The van der Waals surface area contributed by atoms with E-state index in [4.69, 9.17) is 14.2 Å². The zero-order chi connectivity index (χ0) is 18.6. The molecule has 1 aliphatic heterocycles. The summed E-state index contributed by atoms with van der Waals surface area (Å²) in [6.07, 6.45) is 0.217. The van der Waals surface area contributed by atoms with Crippen molar-refractivity contribution in [2.24, 2.45) is 0 Å². The van der Waals surface area contributed by atoms with Gasteiger partial charge in [0.25, 0.3) is 0 Å². The Kier molecular flexibility index (Phi) is 5.26. The van der Waals surface area contributed by atoms with Gasteiger partial charge in [-0.1, -0.05) is 23.9 Å². The number of esters is 1. The van der Waals surface area contributed by atoms with E-state index >= 15 is 0 Å².